The minimum absolute atomic E-state index is 0.0838. The molecule has 1 aromatic rings. The van der Waals surface area contributed by atoms with Gasteiger partial charge in [-0.1, -0.05) is 71.9 Å². The van der Waals surface area contributed by atoms with Gasteiger partial charge in [0.05, 0.1) is 18.6 Å². The van der Waals surface area contributed by atoms with E-state index in [9.17, 15) is 58.5 Å². The normalized spacial score (nSPS) is 15.2. The molecule has 19 nitrogen and oxygen atoms in total. The molecule has 0 saturated carbocycles. The minimum Gasteiger partial charge on any atom is -0.481 e. The number of aliphatic hydroxyl groups excluding tert-OH is 1. The van der Waals surface area contributed by atoms with Gasteiger partial charge in [0, 0.05) is 19.8 Å². The molecule has 0 aliphatic rings. The van der Waals surface area contributed by atoms with Crippen molar-refractivity contribution in [1.82, 2.24) is 37.2 Å². The van der Waals surface area contributed by atoms with Crippen molar-refractivity contribution in [1.29, 1.82) is 0 Å². The van der Waals surface area contributed by atoms with E-state index in [1.165, 1.54) is 25.6 Å². The summed E-state index contributed by atoms with van der Waals surface area (Å²) in [5, 5.41) is 48.0. The van der Waals surface area contributed by atoms with E-state index in [4.69, 9.17) is 0 Å². The van der Waals surface area contributed by atoms with Crippen LogP contribution >= 0.6 is 11.8 Å². The number of carbonyl (C=O) groups is 9. The van der Waals surface area contributed by atoms with E-state index in [0.717, 1.165) is 0 Å². The lowest BCUT2D eigenvalue weighted by Crippen LogP contribution is -2.59. The van der Waals surface area contributed by atoms with Crippen LogP contribution in [0.2, 0.25) is 0 Å². The molecule has 0 saturated heterocycles. The predicted octanol–water partition coefficient (Wildman–Crippen LogP) is 0.0840. The van der Waals surface area contributed by atoms with Gasteiger partial charge in [-0.2, -0.15) is 11.8 Å². The maximum Gasteiger partial charge on any atom is 0.326 e. The molecule has 0 aliphatic heterocycles. The Kier molecular flexibility index (Phi) is 23.7. The molecular weight excluding hydrogens is 815 g/mol. The summed E-state index contributed by atoms with van der Waals surface area (Å²) in [5.41, 5.74) is 0.611. The first-order chi connectivity index (χ1) is 28.5. The molecule has 10 N–H and O–H groups in total. The van der Waals surface area contributed by atoms with Crippen LogP contribution in [0.25, 0.3) is 0 Å². The lowest BCUT2D eigenvalue weighted by atomic mass is 9.95. The van der Waals surface area contributed by atoms with Crippen LogP contribution < -0.4 is 37.2 Å². The third-order valence-corrected chi connectivity index (χ3v) is 10.2. The fraction of sp³-hybridized carbons (Fsp3) is 0.634. The maximum atomic E-state index is 13.5. The van der Waals surface area contributed by atoms with Crippen LogP contribution in [0, 0.1) is 17.8 Å². The lowest BCUT2D eigenvalue weighted by Gasteiger charge is -2.31. The summed E-state index contributed by atoms with van der Waals surface area (Å²) in [4.78, 5) is 115. The number of benzene rings is 1. The number of carbonyl (C=O) groups excluding carboxylic acids is 7. The Morgan fingerprint density at radius 3 is 1.62 bits per heavy atom. The number of aliphatic carboxylic acids is 2. The second kappa shape index (κ2) is 26.9. The molecule has 20 heteroatoms. The monoisotopic (exact) mass is 879 g/mol. The van der Waals surface area contributed by atoms with E-state index in [2.05, 4.69) is 37.2 Å². The van der Waals surface area contributed by atoms with E-state index in [1.54, 1.807) is 71.9 Å². The number of nitrogens with one attached hydrogen (secondary N) is 7. The van der Waals surface area contributed by atoms with E-state index in [0.29, 0.717) is 11.3 Å². The molecule has 0 bridgehead atoms. The van der Waals surface area contributed by atoms with Crippen LogP contribution in [0.15, 0.2) is 30.3 Å². The van der Waals surface area contributed by atoms with Crippen molar-refractivity contribution < 1.29 is 58.5 Å². The topological polar surface area (TPSA) is 299 Å². The fourth-order valence-electron chi connectivity index (χ4n) is 6.10. The largest absolute Gasteiger partial charge is 0.481 e. The molecule has 8 atom stereocenters. The van der Waals surface area contributed by atoms with E-state index >= 15 is 0 Å². The van der Waals surface area contributed by atoms with Crippen molar-refractivity contribution in [2.24, 2.45) is 17.8 Å². The summed E-state index contributed by atoms with van der Waals surface area (Å²) in [6.45, 7) is 12.8. The Hall–Kier alpha value is -5.24. The van der Waals surface area contributed by atoms with Crippen molar-refractivity contribution in [2.45, 2.75) is 136 Å². The first-order valence-electron chi connectivity index (χ1n) is 20.2. The Morgan fingerprint density at radius 1 is 0.607 bits per heavy atom. The average molecular weight is 880 g/mol. The number of carboxylic acids is 2. The third kappa shape index (κ3) is 19.8. The highest BCUT2D eigenvalue weighted by Gasteiger charge is 2.35. The van der Waals surface area contributed by atoms with Gasteiger partial charge in [0.15, 0.2) is 0 Å². The molecule has 342 valence electrons. The molecule has 0 unspecified atom stereocenters. The van der Waals surface area contributed by atoms with Crippen LogP contribution in [0.3, 0.4) is 0 Å². The average Bonchev–Trinajstić information content (AvgIpc) is 3.17. The first-order valence-corrected chi connectivity index (χ1v) is 21.6. The van der Waals surface area contributed by atoms with Gasteiger partial charge in [0.2, 0.25) is 41.4 Å². The molecular formula is C41H65N7O12S. The third-order valence-electron chi connectivity index (χ3n) is 9.58. The van der Waals surface area contributed by atoms with Crippen molar-refractivity contribution >= 4 is 65.1 Å². The summed E-state index contributed by atoms with van der Waals surface area (Å²) >= 11 is 1.45. The molecule has 61 heavy (non-hydrogen) atoms. The highest BCUT2D eigenvalue weighted by atomic mass is 32.2. The molecule has 0 fully saturated rings. The number of hydrogen-bond donors (Lipinski definition) is 10. The smallest absolute Gasteiger partial charge is 0.326 e. The lowest BCUT2D eigenvalue weighted by molar-refractivity contribution is -0.143. The zero-order valence-electron chi connectivity index (χ0n) is 36.4. The summed E-state index contributed by atoms with van der Waals surface area (Å²) in [5.74, 6) is -8.27. The number of thioether (sulfide) groups is 1. The summed E-state index contributed by atoms with van der Waals surface area (Å²) in [6.07, 6.45) is -0.926. The maximum absolute atomic E-state index is 13.5. The van der Waals surface area contributed by atoms with Crippen LogP contribution in [0.5, 0.6) is 0 Å². The van der Waals surface area contributed by atoms with Gasteiger partial charge >= 0.3 is 11.9 Å². The number of hydrogen-bond acceptors (Lipinski definition) is 11. The van der Waals surface area contributed by atoms with Crippen LogP contribution in [0.4, 0.5) is 0 Å². The fourth-order valence-corrected chi connectivity index (χ4v) is 6.57. The van der Waals surface area contributed by atoms with Crippen LogP contribution in [0.1, 0.15) is 86.6 Å². The van der Waals surface area contributed by atoms with Crippen LogP contribution in [-0.4, -0.2) is 129 Å². The summed E-state index contributed by atoms with van der Waals surface area (Å²) in [7, 11) is 0. The molecule has 1 aromatic carbocycles. The van der Waals surface area contributed by atoms with Gasteiger partial charge in [-0.05, 0) is 55.1 Å². The van der Waals surface area contributed by atoms with E-state index in [-0.39, 0.29) is 25.2 Å². The molecule has 0 aliphatic carbocycles. The second-order valence-corrected chi connectivity index (χ2v) is 16.9. The van der Waals surface area contributed by atoms with Gasteiger partial charge in [-0.3, -0.25) is 38.4 Å². The molecule has 0 aromatic heterocycles. The Morgan fingerprint density at radius 2 is 1.11 bits per heavy atom. The van der Waals surface area contributed by atoms with Gasteiger partial charge in [-0.15, -0.1) is 0 Å². The highest BCUT2D eigenvalue weighted by molar-refractivity contribution is 7.98. The molecule has 7 amide bonds. The van der Waals surface area contributed by atoms with Gasteiger partial charge in [0.25, 0.3) is 0 Å². The van der Waals surface area contributed by atoms with E-state index < -0.39 is 126 Å². The standard InChI is InChI=1S/C41H65N7O12S/c1-21(2)33(48-38(56)28(17-18-61-9)45-40(58)34(22(3)4)43-25(8)49)30(50)20-31(51)47-35(23(5)6)39(57)42-24(7)36(54)44-27(15-16-32(52)53)37(55)46-29(41(59)60)19-26-13-11-10-12-14-26/h10-14,21-24,27-30,33-35,50H,15-20H2,1-9H3,(H,42,57)(H,43,49)(H,44,54)(H,45,58)(H,46,55)(H,47,51)(H,48,56)(H,52,53)(H,59,60)/t24-,27-,28-,29-,30+,33+,34-,35-/m0/s1. The minimum atomic E-state index is -1.48. The molecule has 0 radical (unpaired) electrons. The summed E-state index contributed by atoms with van der Waals surface area (Å²) < 4.78 is 0. The first kappa shape index (κ1) is 53.8. The Bertz CT molecular complexity index is 1660. The molecule has 0 spiro atoms. The molecule has 1 rings (SSSR count). The number of aliphatic hydroxyl groups is 1. The van der Waals surface area contributed by atoms with Crippen molar-refractivity contribution in [3.05, 3.63) is 35.9 Å². The number of rotatable bonds is 27. The van der Waals surface area contributed by atoms with Crippen molar-refractivity contribution in [3.63, 3.8) is 0 Å². The SMILES string of the molecule is CSCC[C@H](NC(=O)[C@@H](NC(C)=O)C(C)C)C(=O)N[C@H](C(C)C)[C@H](O)CC(=O)N[C@H](C(=O)N[C@@H](C)C(=O)N[C@@H](CCC(=O)O)C(=O)N[C@@H](Cc1ccccc1)C(=O)O)C(C)C. The highest BCUT2D eigenvalue weighted by Crippen LogP contribution is 2.14. The Labute approximate surface area is 361 Å². The zero-order valence-corrected chi connectivity index (χ0v) is 37.2. The Balaban J connectivity index is 3.04. The van der Waals surface area contributed by atoms with E-state index in [1.807, 2.05) is 6.26 Å². The zero-order chi connectivity index (χ0) is 46.6. The second-order valence-electron chi connectivity index (χ2n) is 15.9. The molecule has 0 heterocycles. The number of carboxylic acid groups (broad SMARTS) is 2. The van der Waals surface area contributed by atoms with Crippen LogP contribution in [-0.2, 0) is 49.6 Å². The van der Waals surface area contributed by atoms with Gasteiger partial charge < -0.3 is 52.5 Å². The summed E-state index contributed by atoms with van der Waals surface area (Å²) in [6, 6.07) is 0.186. The van der Waals surface area contributed by atoms with Gasteiger partial charge in [-0.25, -0.2) is 4.79 Å². The van der Waals surface area contributed by atoms with Gasteiger partial charge in [0.1, 0.15) is 36.3 Å². The number of amides is 7. The predicted molar refractivity (Wildman–Crippen MR) is 228 cm³/mol. The van der Waals surface area contributed by atoms with Crippen molar-refractivity contribution in [3.8, 4) is 0 Å². The quantitative estimate of drug-likeness (QED) is 0.0561. The van der Waals surface area contributed by atoms with Crippen molar-refractivity contribution in [2.75, 3.05) is 12.0 Å².